The lowest BCUT2D eigenvalue weighted by Gasteiger charge is -2.19. The molecular weight excluding hydrogens is 413 g/mol. The number of nitrogens with one attached hydrogen (secondary N) is 1. The van der Waals surface area contributed by atoms with Gasteiger partial charge in [-0.05, 0) is 35.4 Å². The summed E-state index contributed by atoms with van der Waals surface area (Å²) >= 11 is 1.31. The van der Waals surface area contributed by atoms with Crippen LogP contribution in [0.1, 0.15) is 47.0 Å². The molecule has 0 aliphatic carbocycles. The third kappa shape index (κ3) is 5.22. The van der Waals surface area contributed by atoms with Crippen molar-refractivity contribution in [2.45, 2.75) is 32.4 Å². The van der Waals surface area contributed by atoms with Crippen molar-refractivity contribution in [2.24, 2.45) is 11.8 Å². The van der Waals surface area contributed by atoms with Crippen molar-refractivity contribution in [3.63, 3.8) is 0 Å². The summed E-state index contributed by atoms with van der Waals surface area (Å²) in [6, 6.07) is 8.56. The van der Waals surface area contributed by atoms with Gasteiger partial charge in [-0.25, -0.2) is 0 Å². The number of carbonyl (C=O) groups excluding carboxylic acids is 2. The number of benzene rings is 1. The van der Waals surface area contributed by atoms with Gasteiger partial charge in [-0.2, -0.15) is 13.2 Å². The zero-order valence-corrected chi connectivity index (χ0v) is 17.7. The molecule has 8 heteroatoms. The minimum atomic E-state index is -4.46. The predicted octanol–water partition coefficient (Wildman–Crippen LogP) is 4.79. The standard InChI is InChI=1S/C22H25F3N2O2S/c1-14(2)8-9-26-20(28)18-13-27(21(29)19-7-4-10-30-19)12-17(18)15-5-3-6-16(11-15)22(23,24)25/h3-7,10-11,14,17-18H,8-9,12-13H2,1-2H3,(H,26,28)/t17-,18+/m0/s1. The predicted molar refractivity (Wildman–Crippen MR) is 110 cm³/mol. The third-order valence-electron chi connectivity index (χ3n) is 5.34. The molecular formula is C22H25F3N2O2S. The minimum Gasteiger partial charge on any atom is -0.356 e. The van der Waals surface area contributed by atoms with Crippen molar-refractivity contribution < 1.29 is 22.8 Å². The number of thiophene rings is 1. The van der Waals surface area contributed by atoms with Gasteiger partial charge in [0.2, 0.25) is 5.91 Å². The van der Waals surface area contributed by atoms with Crippen molar-refractivity contribution >= 4 is 23.2 Å². The van der Waals surface area contributed by atoms with E-state index in [2.05, 4.69) is 19.2 Å². The monoisotopic (exact) mass is 438 g/mol. The van der Waals surface area contributed by atoms with E-state index in [1.165, 1.54) is 17.4 Å². The molecule has 0 saturated carbocycles. The molecule has 0 bridgehead atoms. The van der Waals surface area contributed by atoms with Crippen molar-refractivity contribution in [3.05, 3.63) is 57.8 Å². The van der Waals surface area contributed by atoms with Crippen LogP contribution in [0.3, 0.4) is 0 Å². The Labute approximate surface area is 178 Å². The van der Waals surface area contributed by atoms with Gasteiger partial charge >= 0.3 is 6.18 Å². The minimum absolute atomic E-state index is 0.186. The lowest BCUT2D eigenvalue weighted by atomic mass is 9.87. The van der Waals surface area contributed by atoms with Crippen LogP contribution in [0.2, 0.25) is 0 Å². The molecule has 0 unspecified atom stereocenters. The molecule has 0 spiro atoms. The molecule has 2 heterocycles. The maximum absolute atomic E-state index is 13.2. The molecule has 2 amide bonds. The van der Waals surface area contributed by atoms with Crippen molar-refractivity contribution in [3.8, 4) is 0 Å². The number of carbonyl (C=O) groups is 2. The average molecular weight is 439 g/mol. The zero-order valence-electron chi connectivity index (χ0n) is 16.9. The fourth-order valence-corrected chi connectivity index (χ4v) is 4.38. The first kappa shape index (κ1) is 22.3. The molecule has 3 rings (SSSR count). The highest BCUT2D eigenvalue weighted by atomic mass is 32.1. The quantitative estimate of drug-likeness (QED) is 0.705. The van der Waals surface area contributed by atoms with Crippen LogP contribution in [0.5, 0.6) is 0 Å². The number of alkyl halides is 3. The molecule has 4 nitrogen and oxygen atoms in total. The summed E-state index contributed by atoms with van der Waals surface area (Å²) in [5, 5.41) is 4.69. The maximum atomic E-state index is 13.2. The fourth-order valence-electron chi connectivity index (χ4n) is 3.69. The Hall–Kier alpha value is -2.35. The van der Waals surface area contributed by atoms with Gasteiger partial charge < -0.3 is 10.2 Å². The first-order valence-electron chi connectivity index (χ1n) is 9.94. The summed E-state index contributed by atoms with van der Waals surface area (Å²) in [4.78, 5) is 27.8. The van der Waals surface area contributed by atoms with Gasteiger partial charge in [-0.15, -0.1) is 11.3 Å². The van der Waals surface area contributed by atoms with Crippen LogP contribution in [0.25, 0.3) is 0 Å². The van der Waals surface area contributed by atoms with Gasteiger partial charge in [0.1, 0.15) is 0 Å². The molecule has 1 saturated heterocycles. The van der Waals surface area contributed by atoms with E-state index in [9.17, 15) is 22.8 Å². The number of halogens is 3. The fraction of sp³-hybridized carbons (Fsp3) is 0.455. The molecule has 1 N–H and O–H groups in total. The van der Waals surface area contributed by atoms with Crippen LogP contribution >= 0.6 is 11.3 Å². The summed E-state index contributed by atoms with van der Waals surface area (Å²) in [5.74, 6) is -1.08. The molecule has 1 fully saturated rings. The molecule has 0 radical (unpaired) electrons. The number of hydrogen-bond acceptors (Lipinski definition) is 3. The van der Waals surface area contributed by atoms with Crippen LogP contribution < -0.4 is 5.32 Å². The largest absolute Gasteiger partial charge is 0.416 e. The van der Waals surface area contributed by atoms with Crippen LogP contribution in [0.4, 0.5) is 13.2 Å². The number of likely N-dealkylation sites (tertiary alicyclic amines) is 1. The Morgan fingerprint density at radius 2 is 1.97 bits per heavy atom. The van der Waals surface area contributed by atoms with Gasteiger partial charge in [0.05, 0.1) is 16.4 Å². The number of hydrogen-bond donors (Lipinski definition) is 1. The highest BCUT2D eigenvalue weighted by molar-refractivity contribution is 7.12. The second-order valence-corrected chi connectivity index (χ2v) is 8.94. The van der Waals surface area contributed by atoms with E-state index in [0.29, 0.717) is 22.9 Å². The van der Waals surface area contributed by atoms with Gasteiger partial charge in [0, 0.05) is 25.6 Å². The number of rotatable bonds is 6. The first-order valence-corrected chi connectivity index (χ1v) is 10.8. The Morgan fingerprint density at radius 1 is 1.20 bits per heavy atom. The van der Waals surface area contributed by atoms with Crippen molar-refractivity contribution in [1.82, 2.24) is 10.2 Å². The number of nitrogens with zero attached hydrogens (tertiary/aromatic N) is 1. The van der Waals surface area contributed by atoms with E-state index in [4.69, 9.17) is 0 Å². The Kier molecular flexibility index (Phi) is 6.85. The Morgan fingerprint density at radius 3 is 2.60 bits per heavy atom. The van der Waals surface area contributed by atoms with Crippen LogP contribution in [-0.2, 0) is 11.0 Å². The molecule has 1 aromatic carbocycles. The SMILES string of the molecule is CC(C)CCNC(=O)[C@@H]1CN(C(=O)c2cccs2)C[C@H]1c1cccc(C(F)(F)F)c1. The van der Waals surface area contributed by atoms with E-state index in [0.717, 1.165) is 18.6 Å². The molecule has 1 aliphatic heterocycles. The lowest BCUT2D eigenvalue weighted by molar-refractivity contribution is -0.137. The van der Waals surface area contributed by atoms with Crippen molar-refractivity contribution in [1.29, 1.82) is 0 Å². The maximum Gasteiger partial charge on any atom is 0.416 e. The molecule has 30 heavy (non-hydrogen) atoms. The first-order chi connectivity index (χ1) is 14.2. The summed E-state index contributed by atoms with van der Waals surface area (Å²) in [5.41, 5.74) is -0.322. The Balaban J connectivity index is 1.85. The second kappa shape index (κ2) is 9.20. The molecule has 1 aliphatic rings. The molecule has 2 aromatic rings. The van der Waals surface area contributed by atoms with E-state index < -0.39 is 23.6 Å². The molecule has 1 aromatic heterocycles. The van der Waals surface area contributed by atoms with Crippen LogP contribution in [-0.4, -0.2) is 36.3 Å². The van der Waals surface area contributed by atoms with Crippen LogP contribution in [0, 0.1) is 11.8 Å². The van der Waals surface area contributed by atoms with Gasteiger partial charge in [0.25, 0.3) is 5.91 Å². The Bertz CT molecular complexity index is 881. The molecule has 162 valence electrons. The van der Waals surface area contributed by atoms with Crippen molar-refractivity contribution in [2.75, 3.05) is 19.6 Å². The second-order valence-electron chi connectivity index (χ2n) is 8.00. The van der Waals surface area contributed by atoms with E-state index >= 15 is 0 Å². The van der Waals surface area contributed by atoms with Crippen LogP contribution in [0.15, 0.2) is 41.8 Å². The smallest absolute Gasteiger partial charge is 0.356 e. The highest BCUT2D eigenvalue weighted by Crippen LogP contribution is 2.37. The normalized spacial score (nSPS) is 19.3. The average Bonchev–Trinajstić information content (AvgIpc) is 3.37. The summed E-state index contributed by atoms with van der Waals surface area (Å²) in [6.45, 7) is 5.00. The van der Waals surface area contributed by atoms with Gasteiger partial charge in [0.15, 0.2) is 0 Å². The molecule has 2 atom stereocenters. The van der Waals surface area contributed by atoms with E-state index in [1.54, 1.807) is 28.5 Å². The topological polar surface area (TPSA) is 49.4 Å². The number of amides is 2. The van der Waals surface area contributed by atoms with E-state index in [-0.39, 0.29) is 24.9 Å². The van der Waals surface area contributed by atoms with E-state index in [1.807, 2.05) is 0 Å². The summed E-state index contributed by atoms with van der Waals surface area (Å²) < 4.78 is 39.6. The van der Waals surface area contributed by atoms with Gasteiger partial charge in [-0.3, -0.25) is 9.59 Å². The van der Waals surface area contributed by atoms with Gasteiger partial charge in [-0.1, -0.05) is 38.1 Å². The lowest BCUT2D eigenvalue weighted by Crippen LogP contribution is -2.36. The zero-order chi connectivity index (χ0) is 21.9. The third-order valence-corrected chi connectivity index (χ3v) is 6.20. The highest BCUT2D eigenvalue weighted by Gasteiger charge is 2.41. The summed E-state index contributed by atoms with van der Waals surface area (Å²) in [7, 11) is 0. The summed E-state index contributed by atoms with van der Waals surface area (Å²) in [6.07, 6.45) is -3.65.